The van der Waals surface area contributed by atoms with E-state index < -0.39 is 38.4 Å². The fourth-order valence-corrected chi connectivity index (χ4v) is 5.01. The summed E-state index contributed by atoms with van der Waals surface area (Å²) in [7, 11) is -2.07. The van der Waals surface area contributed by atoms with Crippen LogP contribution in [-0.4, -0.2) is 50.9 Å². The number of benzene rings is 1. The van der Waals surface area contributed by atoms with Gasteiger partial charge < -0.3 is 24.4 Å². The smallest absolute Gasteiger partial charge is 0.414 e. The molecule has 11 heteroatoms. The van der Waals surface area contributed by atoms with E-state index in [0.717, 1.165) is 36.8 Å². The van der Waals surface area contributed by atoms with Crippen LogP contribution in [-0.2, 0) is 20.7 Å². The van der Waals surface area contributed by atoms with Gasteiger partial charge >= 0.3 is 12.1 Å². The van der Waals surface area contributed by atoms with Crippen LogP contribution < -0.4 is 0 Å². The molecule has 3 atom stereocenters. The number of aliphatic hydroxyl groups is 1. The number of amides is 1. The van der Waals surface area contributed by atoms with Crippen LogP contribution in [0.5, 0.6) is 0 Å². The first-order chi connectivity index (χ1) is 17.3. The minimum absolute atomic E-state index is 0.146. The van der Waals surface area contributed by atoms with Gasteiger partial charge in [0, 0.05) is 13.5 Å². The number of rotatable bonds is 10. The fourth-order valence-electron chi connectivity index (χ4n) is 4.13. The Kier molecular flexibility index (Phi) is 12.6. The molecule has 1 aliphatic carbocycles. The second-order valence-corrected chi connectivity index (χ2v) is 12.1. The normalized spacial score (nSPS) is 19.0. The Bertz CT molecular complexity index is 951. The molecule has 1 aromatic rings. The quantitative estimate of drug-likeness (QED) is 0.168. The number of halogens is 2. The zero-order valence-corrected chi connectivity index (χ0v) is 24.2. The zero-order chi connectivity index (χ0) is 27.8. The van der Waals surface area contributed by atoms with E-state index in [9.17, 15) is 24.5 Å². The van der Waals surface area contributed by atoms with E-state index >= 15 is 0 Å². The summed E-state index contributed by atoms with van der Waals surface area (Å²) in [5, 5.41) is 11.8. The zero-order valence-electron chi connectivity index (χ0n) is 21.8. The largest absolute Gasteiger partial charge is 0.425 e. The van der Waals surface area contributed by atoms with Gasteiger partial charge in [-0.2, -0.15) is 0 Å². The molecular formula is C26H38Cl2NO7P. The molecule has 0 bridgehead atoms. The number of hydrogen-bond donors (Lipinski definition) is 3. The van der Waals surface area contributed by atoms with Gasteiger partial charge in [-0.3, -0.25) is 9.69 Å². The number of aliphatic hydroxyl groups excluding tert-OH is 1. The Morgan fingerprint density at radius 1 is 1.22 bits per heavy atom. The van der Waals surface area contributed by atoms with Crippen molar-refractivity contribution >= 4 is 43.6 Å². The van der Waals surface area contributed by atoms with Crippen molar-refractivity contribution in [3.05, 3.63) is 45.2 Å². The van der Waals surface area contributed by atoms with Crippen molar-refractivity contribution in [2.75, 3.05) is 6.54 Å². The summed E-state index contributed by atoms with van der Waals surface area (Å²) in [5.41, 5.74) is 1.10. The Morgan fingerprint density at radius 2 is 1.92 bits per heavy atom. The van der Waals surface area contributed by atoms with Gasteiger partial charge in [0.05, 0.1) is 15.5 Å². The van der Waals surface area contributed by atoms with Gasteiger partial charge in [0.25, 0.3) is 0 Å². The number of carbonyl (C=O) groups is 2. The number of carbonyl (C=O) groups excluding carboxylic acids is 2. The third kappa shape index (κ3) is 11.1. The third-order valence-electron chi connectivity index (χ3n) is 6.16. The topological polar surface area (TPSA) is 117 Å². The summed E-state index contributed by atoms with van der Waals surface area (Å²) in [6, 6.07) is 5.18. The molecule has 1 aromatic carbocycles. The molecule has 8 nitrogen and oxygen atoms in total. The lowest BCUT2D eigenvalue weighted by atomic mass is 9.83. The number of ether oxygens (including phenoxy) is 2. The van der Waals surface area contributed by atoms with Crippen LogP contribution in [0.1, 0.15) is 71.8 Å². The lowest BCUT2D eigenvalue weighted by Crippen LogP contribution is -2.44. The highest BCUT2D eigenvalue weighted by Crippen LogP contribution is 2.37. The van der Waals surface area contributed by atoms with Crippen LogP contribution in [0.2, 0.25) is 10.0 Å². The SMILES string of the molecule is CC(OC(=O)N(CCc1ccc(Cl)c(Cl)c1)C(O)CCC1CCCC(=CP(O)O)C1)OC(=O)C(C)(C)C. The van der Waals surface area contributed by atoms with Gasteiger partial charge in [-0.05, 0) is 95.1 Å². The highest BCUT2D eigenvalue weighted by molar-refractivity contribution is 7.48. The molecule has 3 unspecified atom stereocenters. The van der Waals surface area contributed by atoms with Gasteiger partial charge in [0.2, 0.25) is 6.29 Å². The molecule has 208 valence electrons. The molecule has 0 aromatic heterocycles. The van der Waals surface area contributed by atoms with Crippen LogP contribution in [0, 0.1) is 11.3 Å². The van der Waals surface area contributed by atoms with E-state index in [2.05, 4.69) is 0 Å². The van der Waals surface area contributed by atoms with Crippen molar-refractivity contribution in [3.63, 3.8) is 0 Å². The Balaban J connectivity index is 2.06. The molecule has 2 rings (SSSR count). The van der Waals surface area contributed by atoms with Crippen molar-refractivity contribution < 1.29 is 34.0 Å². The Hall–Kier alpha value is -1.41. The van der Waals surface area contributed by atoms with Gasteiger partial charge in [-0.15, -0.1) is 0 Å². The van der Waals surface area contributed by atoms with Crippen LogP contribution in [0.15, 0.2) is 29.6 Å². The highest BCUT2D eigenvalue weighted by atomic mass is 35.5. The van der Waals surface area contributed by atoms with Gasteiger partial charge in [0.1, 0.15) is 6.23 Å². The van der Waals surface area contributed by atoms with E-state index in [1.165, 1.54) is 17.6 Å². The first kappa shape index (κ1) is 31.8. The molecule has 1 saturated carbocycles. The summed E-state index contributed by atoms with van der Waals surface area (Å²) in [4.78, 5) is 45.0. The molecule has 0 aliphatic heterocycles. The standard InChI is InChI=1S/C26H38Cl2NO7P/c1-17(35-24(31)26(2,3)4)36-25(32)29(13-12-19-8-10-21(27)22(28)15-19)23(30)11-9-18-6-5-7-20(14-18)16-37(33)34/h8,10,15-18,23,30,33-34H,5-7,9,11-14H2,1-4H3. The lowest BCUT2D eigenvalue weighted by molar-refractivity contribution is -0.176. The molecule has 0 saturated heterocycles. The summed E-state index contributed by atoms with van der Waals surface area (Å²) in [6.45, 7) is 6.70. The minimum atomic E-state index is -2.07. The van der Waals surface area contributed by atoms with E-state index in [1.54, 1.807) is 39.0 Å². The van der Waals surface area contributed by atoms with Crippen LogP contribution in [0.25, 0.3) is 0 Å². The predicted octanol–water partition coefficient (Wildman–Crippen LogP) is 6.38. The molecule has 1 aliphatic rings. The first-order valence-electron chi connectivity index (χ1n) is 12.4. The van der Waals surface area contributed by atoms with E-state index in [0.29, 0.717) is 29.3 Å². The Labute approximate surface area is 230 Å². The van der Waals surface area contributed by atoms with Gasteiger partial charge in [-0.25, -0.2) is 4.79 Å². The van der Waals surface area contributed by atoms with Crippen molar-refractivity contribution in [2.45, 2.75) is 85.2 Å². The maximum absolute atomic E-state index is 13.0. The molecule has 0 spiro atoms. The lowest BCUT2D eigenvalue weighted by Gasteiger charge is -2.31. The van der Waals surface area contributed by atoms with Crippen LogP contribution in [0.4, 0.5) is 4.79 Å². The van der Waals surface area contributed by atoms with Gasteiger partial charge in [-0.1, -0.05) is 34.8 Å². The van der Waals surface area contributed by atoms with Crippen molar-refractivity contribution in [1.82, 2.24) is 4.90 Å². The van der Waals surface area contributed by atoms with Crippen molar-refractivity contribution in [1.29, 1.82) is 0 Å². The van der Waals surface area contributed by atoms with Gasteiger partial charge in [0.15, 0.2) is 8.38 Å². The fraction of sp³-hybridized carbons (Fsp3) is 0.615. The monoisotopic (exact) mass is 577 g/mol. The number of nitrogens with zero attached hydrogens (tertiary/aromatic N) is 1. The summed E-state index contributed by atoms with van der Waals surface area (Å²) in [5.74, 6) is 1.29. The van der Waals surface area contributed by atoms with E-state index in [-0.39, 0.29) is 12.5 Å². The number of allylic oxidation sites excluding steroid dienone is 1. The average Bonchev–Trinajstić information content (AvgIpc) is 2.79. The summed E-state index contributed by atoms with van der Waals surface area (Å²) >= 11 is 12.1. The number of hydrogen-bond acceptors (Lipinski definition) is 7. The molecule has 1 fully saturated rings. The second-order valence-electron chi connectivity index (χ2n) is 10.4. The number of esters is 1. The molecule has 37 heavy (non-hydrogen) atoms. The third-order valence-corrected chi connectivity index (χ3v) is 7.50. The average molecular weight is 578 g/mol. The second kappa shape index (κ2) is 14.7. The molecule has 3 N–H and O–H groups in total. The molecule has 0 heterocycles. The molecule has 0 radical (unpaired) electrons. The van der Waals surface area contributed by atoms with E-state index in [4.69, 9.17) is 32.7 Å². The van der Waals surface area contributed by atoms with Crippen LogP contribution in [0.3, 0.4) is 0 Å². The van der Waals surface area contributed by atoms with Crippen molar-refractivity contribution in [3.8, 4) is 0 Å². The maximum Gasteiger partial charge on any atom is 0.414 e. The Morgan fingerprint density at radius 3 is 2.54 bits per heavy atom. The predicted molar refractivity (Wildman–Crippen MR) is 145 cm³/mol. The summed E-state index contributed by atoms with van der Waals surface area (Å²) < 4.78 is 10.6. The van der Waals surface area contributed by atoms with E-state index in [1.807, 2.05) is 0 Å². The summed E-state index contributed by atoms with van der Waals surface area (Å²) in [6.07, 6.45) is 1.80. The molecule has 1 amide bonds. The minimum Gasteiger partial charge on any atom is -0.425 e. The first-order valence-corrected chi connectivity index (χ1v) is 14.5. The maximum atomic E-state index is 13.0. The van der Waals surface area contributed by atoms with Crippen molar-refractivity contribution in [2.24, 2.45) is 11.3 Å². The highest BCUT2D eigenvalue weighted by Gasteiger charge is 2.30. The van der Waals surface area contributed by atoms with Crippen LogP contribution >= 0.6 is 31.6 Å². The molecular weight excluding hydrogens is 540 g/mol.